The van der Waals surface area contributed by atoms with E-state index in [2.05, 4.69) is 41.3 Å². The Morgan fingerprint density at radius 2 is 1.88 bits per heavy atom. The van der Waals surface area contributed by atoms with E-state index in [0.29, 0.717) is 13.1 Å². The molecule has 2 aromatic rings. The molecule has 0 radical (unpaired) electrons. The standard InChI is InChI=1S/C21H30N4O/c1-16-9-11-24(12-10-16)15-21(26)22-13-20-17(2)23-25(18(20)3)14-19-7-5-4-6-8-19/h4-8,16H,9-15H2,1-3H3,(H,22,26). The summed E-state index contributed by atoms with van der Waals surface area (Å²) in [4.78, 5) is 14.6. The molecule has 0 saturated carbocycles. The third-order valence-corrected chi connectivity index (χ3v) is 5.41. The molecular formula is C21H30N4O. The number of likely N-dealkylation sites (tertiary alicyclic amines) is 1. The van der Waals surface area contributed by atoms with Crippen LogP contribution in [0.4, 0.5) is 0 Å². The minimum Gasteiger partial charge on any atom is -0.351 e. The molecule has 0 spiro atoms. The second kappa shape index (κ2) is 8.49. The minimum atomic E-state index is 0.106. The number of benzene rings is 1. The molecule has 1 amide bonds. The molecule has 1 N–H and O–H groups in total. The Morgan fingerprint density at radius 1 is 1.19 bits per heavy atom. The van der Waals surface area contributed by atoms with Gasteiger partial charge in [0.25, 0.3) is 0 Å². The molecule has 1 aromatic carbocycles. The number of nitrogens with zero attached hydrogens (tertiary/aromatic N) is 3. The average molecular weight is 354 g/mol. The summed E-state index contributed by atoms with van der Waals surface area (Å²) >= 11 is 0. The number of aryl methyl sites for hydroxylation is 1. The predicted molar refractivity (Wildman–Crippen MR) is 104 cm³/mol. The third kappa shape index (κ3) is 4.73. The summed E-state index contributed by atoms with van der Waals surface area (Å²) < 4.78 is 2.03. The van der Waals surface area contributed by atoms with Crippen LogP contribution in [-0.4, -0.2) is 40.2 Å². The van der Waals surface area contributed by atoms with E-state index < -0.39 is 0 Å². The molecule has 0 atom stereocenters. The normalized spacial score (nSPS) is 16.0. The van der Waals surface area contributed by atoms with Crippen LogP contribution in [0.1, 0.15) is 42.3 Å². The summed E-state index contributed by atoms with van der Waals surface area (Å²) in [7, 11) is 0. The molecule has 0 unspecified atom stereocenters. The fraction of sp³-hybridized carbons (Fsp3) is 0.524. The van der Waals surface area contributed by atoms with E-state index in [4.69, 9.17) is 0 Å². The van der Waals surface area contributed by atoms with E-state index in [9.17, 15) is 4.79 Å². The zero-order chi connectivity index (χ0) is 18.5. The van der Waals surface area contributed by atoms with Crippen molar-refractivity contribution in [2.75, 3.05) is 19.6 Å². The third-order valence-electron chi connectivity index (χ3n) is 5.41. The lowest BCUT2D eigenvalue weighted by Gasteiger charge is -2.29. The first-order valence-electron chi connectivity index (χ1n) is 9.58. The first-order valence-corrected chi connectivity index (χ1v) is 9.58. The molecular weight excluding hydrogens is 324 g/mol. The van der Waals surface area contributed by atoms with E-state index in [1.54, 1.807) is 0 Å². The van der Waals surface area contributed by atoms with E-state index in [1.165, 1.54) is 18.4 Å². The van der Waals surface area contributed by atoms with Crippen LogP contribution in [0.5, 0.6) is 0 Å². The number of carbonyl (C=O) groups excluding carboxylic acids is 1. The zero-order valence-corrected chi connectivity index (χ0v) is 16.2. The molecule has 2 heterocycles. The molecule has 1 saturated heterocycles. The van der Waals surface area contributed by atoms with Gasteiger partial charge in [-0.3, -0.25) is 14.4 Å². The van der Waals surface area contributed by atoms with Crippen molar-refractivity contribution >= 4 is 5.91 Å². The summed E-state index contributed by atoms with van der Waals surface area (Å²) in [6.07, 6.45) is 2.38. The zero-order valence-electron chi connectivity index (χ0n) is 16.2. The van der Waals surface area contributed by atoms with Crippen molar-refractivity contribution in [3.63, 3.8) is 0 Å². The maximum absolute atomic E-state index is 12.3. The molecule has 1 aliphatic heterocycles. The second-order valence-corrected chi connectivity index (χ2v) is 7.53. The Morgan fingerprint density at radius 3 is 2.58 bits per heavy atom. The lowest BCUT2D eigenvalue weighted by atomic mass is 9.99. The molecule has 5 nitrogen and oxygen atoms in total. The molecule has 5 heteroatoms. The Kier molecular flexibility index (Phi) is 6.09. The number of amides is 1. The van der Waals surface area contributed by atoms with Crippen molar-refractivity contribution < 1.29 is 4.79 Å². The molecule has 1 aromatic heterocycles. The van der Waals surface area contributed by atoms with E-state index in [1.807, 2.05) is 29.8 Å². The molecule has 1 aliphatic rings. The summed E-state index contributed by atoms with van der Waals surface area (Å²) in [6, 6.07) is 10.3. The van der Waals surface area contributed by atoms with Crippen molar-refractivity contribution in [2.24, 2.45) is 5.92 Å². The van der Waals surface area contributed by atoms with Crippen LogP contribution in [0.25, 0.3) is 0 Å². The second-order valence-electron chi connectivity index (χ2n) is 7.53. The lowest BCUT2D eigenvalue weighted by molar-refractivity contribution is -0.122. The number of hydrogen-bond acceptors (Lipinski definition) is 3. The summed E-state index contributed by atoms with van der Waals surface area (Å²) in [5.41, 5.74) is 4.47. The Bertz CT molecular complexity index is 730. The smallest absolute Gasteiger partial charge is 0.234 e. The number of piperidine rings is 1. The Hall–Kier alpha value is -2.14. The van der Waals surface area contributed by atoms with Gasteiger partial charge in [0, 0.05) is 17.8 Å². The molecule has 0 aliphatic carbocycles. The highest BCUT2D eigenvalue weighted by Crippen LogP contribution is 2.16. The number of rotatable bonds is 6. The molecule has 3 rings (SSSR count). The first-order chi connectivity index (χ1) is 12.5. The van der Waals surface area contributed by atoms with Crippen molar-refractivity contribution in [3.8, 4) is 0 Å². The predicted octanol–water partition coefficient (Wildman–Crippen LogP) is 2.90. The van der Waals surface area contributed by atoms with Gasteiger partial charge in [-0.15, -0.1) is 0 Å². The number of carbonyl (C=O) groups is 1. The van der Waals surface area contributed by atoms with Crippen molar-refractivity contribution in [1.29, 1.82) is 0 Å². The summed E-state index contributed by atoms with van der Waals surface area (Å²) in [6.45, 7) is 10.3. The topological polar surface area (TPSA) is 50.2 Å². The molecule has 140 valence electrons. The van der Waals surface area contributed by atoms with Crippen molar-refractivity contribution in [3.05, 3.63) is 52.8 Å². The van der Waals surface area contributed by atoms with Gasteiger partial charge in [0.15, 0.2) is 0 Å². The van der Waals surface area contributed by atoms with Crippen LogP contribution in [0.2, 0.25) is 0 Å². The monoisotopic (exact) mass is 354 g/mol. The highest BCUT2D eigenvalue weighted by Gasteiger charge is 2.18. The SMILES string of the molecule is Cc1nn(Cc2ccccc2)c(C)c1CNC(=O)CN1CCC(C)CC1. The quantitative estimate of drug-likeness (QED) is 0.868. The van der Waals surface area contributed by atoms with Crippen LogP contribution in [0.15, 0.2) is 30.3 Å². The Balaban J connectivity index is 1.55. The van der Waals surface area contributed by atoms with Gasteiger partial charge in [-0.25, -0.2) is 0 Å². The van der Waals surface area contributed by atoms with E-state index in [0.717, 1.165) is 42.5 Å². The maximum atomic E-state index is 12.3. The minimum absolute atomic E-state index is 0.106. The van der Waals surface area contributed by atoms with Gasteiger partial charge < -0.3 is 5.32 Å². The average Bonchev–Trinajstić information content (AvgIpc) is 2.89. The number of aromatic nitrogens is 2. The van der Waals surface area contributed by atoms with Gasteiger partial charge in [0.1, 0.15) is 0 Å². The van der Waals surface area contributed by atoms with E-state index in [-0.39, 0.29) is 5.91 Å². The Labute approximate surface area is 156 Å². The van der Waals surface area contributed by atoms with Gasteiger partial charge in [0.05, 0.1) is 18.8 Å². The molecule has 26 heavy (non-hydrogen) atoms. The van der Waals surface area contributed by atoms with Crippen LogP contribution in [0, 0.1) is 19.8 Å². The molecule has 0 bridgehead atoms. The summed E-state index contributed by atoms with van der Waals surface area (Å²) in [5, 5.41) is 7.74. The van der Waals surface area contributed by atoms with Crippen LogP contribution in [0.3, 0.4) is 0 Å². The largest absolute Gasteiger partial charge is 0.351 e. The first kappa shape index (κ1) is 18.6. The van der Waals surface area contributed by atoms with Gasteiger partial charge in [-0.2, -0.15) is 5.10 Å². The fourth-order valence-corrected chi connectivity index (χ4v) is 3.57. The van der Waals surface area contributed by atoms with Crippen LogP contribution in [-0.2, 0) is 17.9 Å². The number of hydrogen-bond donors (Lipinski definition) is 1. The van der Waals surface area contributed by atoms with E-state index >= 15 is 0 Å². The fourth-order valence-electron chi connectivity index (χ4n) is 3.57. The van der Waals surface area contributed by atoms with Crippen molar-refractivity contribution in [1.82, 2.24) is 20.0 Å². The highest BCUT2D eigenvalue weighted by molar-refractivity contribution is 5.78. The van der Waals surface area contributed by atoms with Gasteiger partial charge >= 0.3 is 0 Å². The molecule has 1 fully saturated rings. The number of nitrogens with one attached hydrogen (secondary N) is 1. The lowest BCUT2D eigenvalue weighted by Crippen LogP contribution is -2.41. The van der Waals surface area contributed by atoms with Gasteiger partial charge in [-0.1, -0.05) is 37.3 Å². The van der Waals surface area contributed by atoms with Gasteiger partial charge in [0.2, 0.25) is 5.91 Å². The maximum Gasteiger partial charge on any atom is 0.234 e. The van der Waals surface area contributed by atoms with Gasteiger partial charge in [-0.05, 0) is 51.3 Å². The van der Waals surface area contributed by atoms with Crippen LogP contribution >= 0.6 is 0 Å². The van der Waals surface area contributed by atoms with Crippen LogP contribution < -0.4 is 5.32 Å². The summed E-state index contributed by atoms with van der Waals surface area (Å²) in [5.74, 6) is 0.893. The van der Waals surface area contributed by atoms with Crippen molar-refractivity contribution in [2.45, 2.75) is 46.7 Å². The highest BCUT2D eigenvalue weighted by atomic mass is 16.2.